The summed E-state index contributed by atoms with van der Waals surface area (Å²) in [6.45, 7) is 0. The number of rotatable bonds is 4. The summed E-state index contributed by atoms with van der Waals surface area (Å²) in [5.74, 6) is -0.460. The Kier molecular flexibility index (Phi) is 4.50. The molecule has 0 spiro atoms. The normalized spacial score (nSPS) is 10.8. The van der Waals surface area contributed by atoms with Crippen LogP contribution >= 0.6 is 11.3 Å². The van der Waals surface area contributed by atoms with Crippen LogP contribution in [0.3, 0.4) is 0 Å². The Morgan fingerprint density at radius 2 is 1.89 bits per heavy atom. The number of fused-ring (bicyclic) bond motifs is 1. The maximum absolute atomic E-state index is 12.7. The van der Waals surface area contributed by atoms with Crippen molar-refractivity contribution in [3.8, 4) is 10.6 Å². The van der Waals surface area contributed by atoms with Crippen LogP contribution < -0.4 is 10.6 Å². The maximum atomic E-state index is 12.7. The smallest absolute Gasteiger partial charge is 0.277 e. The maximum Gasteiger partial charge on any atom is 0.277 e. The standard InChI is InChI=1S/C19H14N6O2S/c1-25(19(27)15-5-4-13(9-21-15)17(20)26)16-7-14-6-11(18-24-23-10-28-18)2-3-12(14)8-22-16/h2-10H,1H3,(H2,20,26). The molecule has 3 aromatic heterocycles. The molecule has 0 unspecified atom stereocenters. The lowest BCUT2D eigenvalue weighted by atomic mass is 10.1. The minimum absolute atomic E-state index is 0.192. The van der Waals surface area contributed by atoms with Gasteiger partial charge in [0.15, 0.2) is 0 Å². The van der Waals surface area contributed by atoms with E-state index in [1.807, 2.05) is 24.3 Å². The molecule has 2 amide bonds. The predicted molar refractivity (Wildman–Crippen MR) is 106 cm³/mol. The number of primary amides is 1. The second-order valence-corrected chi connectivity index (χ2v) is 6.84. The molecule has 138 valence electrons. The summed E-state index contributed by atoms with van der Waals surface area (Å²) in [7, 11) is 1.62. The molecular formula is C19H14N6O2S. The van der Waals surface area contributed by atoms with E-state index in [9.17, 15) is 9.59 Å². The highest BCUT2D eigenvalue weighted by atomic mass is 32.1. The minimum atomic E-state index is -0.595. The third kappa shape index (κ3) is 3.30. The van der Waals surface area contributed by atoms with Crippen LogP contribution in [-0.4, -0.2) is 39.0 Å². The van der Waals surface area contributed by atoms with Crippen molar-refractivity contribution < 1.29 is 9.59 Å². The Bertz CT molecular complexity index is 1170. The Labute approximate surface area is 163 Å². The molecular weight excluding hydrogens is 376 g/mol. The number of hydrogen-bond acceptors (Lipinski definition) is 7. The van der Waals surface area contributed by atoms with Crippen LogP contribution in [0, 0.1) is 0 Å². The molecule has 0 aliphatic carbocycles. The summed E-state index contributed by atoms with van der Waals surface area (Å²) in [4.78, 5) is 33.6. The molecule has 1 aromatic carbocycles. The number of aromatic nitrogens is 4. The summed E-state index contributed by atoms with van der Waals surface area (Å²) < 4.78 is 0. The zero-order valence-corrected chi connectivity index (χ0v) is 15.6. The molecule has 28 heavy (non-hydrogen) atoms. The van der Waals surface area contributed by atoms with Crippen LogP contribution in [-0.2, 0) is 0 Å². The Hall–Kier alpha value is -3.72. The highest BCUT2D eigenvalue weighted by Crippen LogP contribution is 2.27. The molecule has 0 aliphatic rings. The van der Waals surface area contributed by atoms with Crippen LogP contribution in [0.5, 0.6) is 0 Å². The van der Waals surface area contributed by atoms with E-state index in [2.05, 4.69) is 20.2 Å². The minimum Gasteiger partial charge on any atom is -0.366 e. The first kappa shape index (κ1) is 17.7. The van der Waals surface area contributed by atoms with Crippen molar-refractivity contribution in [3.63, 3.8) is 0 Å². The second-order valence-electron chi connectivity index (χ2n) is 6.01. The van der Waals surface area contributed by atoms with E-state index in [1.54, 1.807) is 18.8 Å². The number of anilines is 1. The largest absolute Gasteiger partial charge is 0.366 e. The number of nitrogens with zero attached hydrogens (tertiary/aromatic N) is 5. The van der Waals surface area contributed by atoms with Gasteiger partial charge in [0.05, 0.1) is 5.56 Å². The average Bonchev–Trinajstić information content (AvgIpc) is 3.27. The Morgan fingerprint density at radius 3 is 2.57 bits per heavy atom. The lowest BCUT2D eigenvalue weighted by Crippen LogP contribution is -2.28. The van der Waals surface area contributed by atoms with E-state index < -0.39 is 5.91 Å². The molecule has 0 saturated heterocycles. The van der Waals surface area contributed by atoms with E-state index in [0.29, 0.717) is 5.82 Å². The fourth-order valence-corrected chi connectivity index (χ4v) is 3.24. The third-order valence-corrected chi connectivity index (χ3v) is 4.97. The lowest BCUT2D eigenvalue weighted by Gasteiger charge is -2.16. The van der Waals surface area contributed by atoms with E-state index in [0.717, 1.165) is 21.3 Å². The molecule has 0 atom stereocenters. The first-order valence-electron chi connectivity index (χ1n) is 8.23. The van der Waals surface area contributed by atoms with Gasteiger partial charge in [-0.1, -0.05) is 23.5 Å². The van der Waals surface area contributed by atoms with Crippen LogP contribution in [0.25, 0.3) is 21.3 Å². The number of pyridine rings is 2. The molecule has 0 bridgehead atoms. The first-order chi connectivity index (χ1) is 13.5. The Balaban J connectivity index is 1.65. The summed E-state index contributed by atoms with van der Waals surface area (Å²) in [5.41, 5.74) is 8.26. The second kappa shape index (κ2) is 7.12. The number of carbonyl (C=O) groups is 2. The lowest BCUT2D eigenvalue weighted by molar-refractivity contribution is 0.0979. The van der Waals surface area contributed by atoms with Gasteiger partial charge in [-0.05, 0) is 29.7 Å². The number of nitrogens with two attached hydrogens (primary N) is 1. The van der Waals surface area contributed by atoms with E-state index in [-0.39, 0.29) is 17.2 Å². The number of amides is 2. The van der Waals surface area contributed by atoms with Crippen molar-refractivity contribution in [2.45, 2.75) is 0 Å². The van der Waals surface area contributed by atoms with Gasteiger partial charge in [-0.15, -0.1) is 10.2 Å². The fraction of sp³-hybridized carbons (Fsp3) is 0.0526. The number of benzene rings is 1. The van der Waals surface area contributed by atoms with Crippen LogP contribution in [0.15, 0.2) is 54.3 Å². The number of carbonyl (C=O) groups excluding carboxylic acids is 2. The van der Waals surface area contributed by atoms with E-state index in [4.69, 9.17) is 5.73 Å². The van der Waals surface area contributed by atoms with Crippen LogP contribution in [0.1, 0.15) is 20.8 Å². The third-order valence-electron chi connectivity index (χ3n) is 4.23. The monoisotopic (exact) mass is 390 g/mol. The molecule has 0 radical (unpaired) electrons. The van der Waals surface area contributed by atoms with Gasteiger partial charge in [-0.25, -0.2) is 4.98 Å². The summed E-state index contributed by atoms with van der Waals surface area (Å²) in [6.07, 6.45) is 2.99. The van der Waals surface area contributed by atoms with Crippen molar-refractivity contribution in [3.05, 3.63) is 65.6 Å². The molecule has 4 rings (SSSR count). The molecule has 8 nitrogen and oxygen atoms in total. The molecule has 0 saturated carbocycles. The Morgan fingerprint density at radius 1 is 1.04 bits per heavy atom. The van der Waals surface area contributed by atoms with Gasteiger partial charge in [0.25, 0.3) is 5.91 Å². The fourth-order valence-electron chi connectivity index (χ4n) is 2.69. The molecule has 0 aliphatic heterocycles. The molecule has 4 aromatic rings. The van der Waals surface area contributed by atoms with Crippen molar-refractivity contribution in [2.75, 3.05) is 11.9 Å². The summed E-state index contributed by atoms with van der Waals surface area (Å²) in [5, 5.41) is 10.6. The SMILES string of the molecule is CN(C(=O)c1ccc(C(N)=O)cn1)c1cc2cc(-c3nncs3)ccc2cn1. The zero-order valence-electron chi connectivity index (χ0n) is 14.7. The predicted octanol–water partition coefficient (Wildman–Crippen LogP) is 2.52. The van der Waals surface area contributed by atoms with E-state index in [1.165, 1.54) is 34.6 Å². The zero-order chi connectivity index (χ0) is 19.7. The van der Waals surface area contributed by atoms with Crippen molar-refractivity contribution in [1.82, 2.24) is 20.2 Å². The van der Waals surface area contributed by atoms with Crippen molar-refractivity contribution >= 4 is 39.7 Å². The van der Waals surface area contributed by atoms with Gasteiger partial charge >= 0.3 is 0 Å². The molecule has 2 N–H and O–H groups in total. The molecule has 3 heterocycles. The van der Waals surface area contributed by atoms with Gasteiger partial charge < -0.3 is 5.73 Å². The summed E-state index contributed by atoms with van der Waals surface area (Å²) >= 11 is 1.46. The van der Waals surface area contributed by atoms with Gasteiger partial charge in [-0.2, -0.15) is 0 Å². The van der Waals surface area contributed by atoms with E-state index >= 15 is 0 Å². The first-order valence-corrected chi connectivity index (χ1v) is 9.11. The summed E-state index contributed by atoms with van der Waals surface area (Å²) in [6, 6.07) is 10.7. The molecule has 9 heteroatoms. The van der Waals surface area contributed by atoms with Gasteiger partial charge in [0.1, 0.15) is 22.0 Å². The van der Waals surface area contributed by atoms with Crippen molar-refractivity contribution in [1.29, 1.82) is 0 Å². The quantitative estimate of drug-likeness (QED) is 0.572. The molecule has 0 fully saturated rings. The van der Waals surface area contributed by atoms with Crippen LogP contribution in [0.2, 0.25) is 0 Å². The average molecular weight is 390 g/mol. The van der Waals surface area contributed by atoms with Crippen molar-refractivity contribution in [2.24, 2.45) is 5.73 Å². The van der Waals surface area contributed by atoms with Gasteiger partial charge in [-0.3, -0.25) is 19.5 Å². The van der Waals surface area contributed by atoms with Gasteiger partial charge in [0.2, 0.25) is 5.91 Å². The highest BCUT2D eigenvalue weighted by molar-refractivity contribution is 7.12. The topological polar surface area (TPSA) is 115 Å². The number of hydrogen-bond donors (Lipinski definition) is 1. The van der Waals surface area contributed by atoms with Gasteiger partial charge in [0, 0.05) is 30.4 Å². The van der Waals surface area contributed by atoms with Crippen LogP contribution in [0.4, 0.5) is 5.82 Å². The highest BCUT2D eigenvalue weighted by Gasteiger charge is 2.17.